The number of hydrogen-bond acceptors (Lipinski definition) is 1. The molecule has 1 heteroatoms. The Kier molecular flexibility index (Phi) is 3.60. The minimum atomic E-state index is -0.0354. The summed E-state index contributed by atoms with van der Waals surface area (Å²) in [5.74, 6) is 0.788. The first-order valence-corrected chi connectivity index (χ1v) is 7.81. The molecule has 100 valence electrons. The maximum absolute atomic E-state index is 9.31. The quantitative estimate of drug-likeness (QED) is 0.746. The van der Waals surface area contributed by atoms with Gasteiger partial charge in [0, 0.05) is 0 Å². The van der Waals surface area contributed by atoms with Crippen molar-refractivity contribution in [2.24, 2.45) is 5.41 Å². The molecule has 0 unspecified atom stereocenters. The van der Waals surface area contributed by atoms with Gasteiger partial charge in [0.15, 0.2) is 0 Å². The van der Waals surface area contributed by atoms with Crippen molar-refractivity contribution in [3.63, 3.8) is 0 Å². The summed E-state index contributed by atoms with van der Waals surface area (Å²) >= 11 is 0. The zero-order chi connectivity index (χ0) is 13.1. The number of rotatable bonds is 3. The Balaban J connectivity index is 1.67. The Hall–Kier alpha value is -1.29. The van der Waals surface area contributed by atoms with Gasteiger partial charge in [0.25, 0.3) is 0 Å². The van der Waals surface area contributed by atoms with Crippen molar-refractivity contribution in [1.29, 1.82) is 5.26 Å². The molecule has 0 radical (unpaired) electrons. The summed E-state index contributed by atoms with van der Waals surface area (Å²) in [6.45, 7) is 0. The number of nitrogens with zero attached hydrogens (tertiary/aromatic N) is 1. The van der Waals surface area contributed by atoms with Crippen molar-refractivity contribution >= 4 is 0 Å². The molecule has 0 atom stereocenters. The van der Waals surface area contributed by atoms with E-state index in [1.54, 1.807) is 0 Å². The Bertz CT molecular complexity index is 455. The number of benzene rings is 1. The van der Waals surface area contributed by atoms with Crippen LogP contribution in [0.25, 0.3) is 0 Å². The van der Waals surface area contributed by atoms with E-state index in [-0.39, 0.29) is 5.41 Å². The molecule has 0 aliphatic heterocycles. The molecule has 2 aliphatic carbocycles. The fraction of sp³-hybridized carbons (Fsp3) is 0.611. The van der Waals surface area contributed by atoms with Gasteiger partial charge in [-0.2, -0.15) is 5.26 Å². The van der Waals surface area contributed by atoms with Crippen molar-refractivity contribution in [1.82, 2.24) is 0 Å². The van der Waals surface area contributed by atoms with Crippen LogP contribution in [0.1, 0.15) is 68.4 Å². The normalized spacial score (nSPS) is 22.5. The highest BCUT2D eigenvalue weighted by Gasteiger charge is 2.37. The first kappa shape index (κ1) is 12.7. The lowest BCUT2D eigenvalue weighted by molar-refractivity contribution is 0.214. The zero-order valence-corrected chi connectivity index (χ0v) is 11.7. The van der Waals surface area contributed by atoms with Crippen LogP contribution in [0.4, 0.5) is 0 Å². The topological polar surface area (TPSA) is 23.8 Å². The molecule has 0 heterocycles. The van der Waals surface area contributed by atoms with E-state index in [2.05, 4.69) is 30.3 Å². The number of nitriles is 1. The maximum atomic E-state index is 9.31. The van der Waals surface area contributed by atoms with Crippen LogP contribution in [-0.2, 0) is 6.42 Å². The Morgan fingerprint density at radius 1 is 1.00 bits per heavy atom. The summed E-state index contributed by atoms with van der Waals surface area (Å²) < 4.78 is 0. The predicted molar refractivity (Wildman–Crippen MR) is 77.9 cm³/mol. The fourth-order valence-corrected chi connectivity index (χ4v) is 3.67. The predicted octanol–water partition coefficient (Wildman–Crippen LogP) is 4.97. The van der Waals surface area contributed by atoms with E-state index in [4.69, 9.17) is 0 Å². The van der Waals surface area contributed by atoms with Gasteiger partial charge < -0.3 is 0 Å². The Morgan fingerprint density at radius 3 is 2.21 bits per heavy atom. The molecule has 0 N–H and O–H groups in total. The van der Waals surface area contributed by atoms with E-state index < -0.39 is 0 Å². The third kappa shape index (κ3) is 2.68. The van der Waals surface area contributed by atoms with Crippen molar-refractivity contribution < 1.29 is 0 Å². The lowest BCUT2D eigenvalue weighted by Gasteiger charge is -2.35. The van der Waals surface area contributed by atoms with Crippen LogP contribution in [0.15, 0.2) is 24.3 Å². The van der Waals surface area contributed by atoms with Crippen LogP contribution in [0.3, 0.4) is 0 Å². The third-order valence-electron chi connectivity index (χ3n) is 5.15. The second-order valence-corrected chi connectivity index (χ2v) is 6.50. The first-order chi connectivity index (χ1) is 9.31. The second-order valence-electron chi connectivity index (χ2n) is 6.50. The summed E-state index contributed by atoms with van der Waals surface area (Å²) in [6, 6.07) is 11.7. The minimum absolute atomic E-state index is 0.0354. The molecule has 1 aromatic rings. The van der Waals surface area contributed by atoms with Gasteiger partial charge in [-0.3, -0.25) is 0 Å². The van der Waals surface area contributed by atoms with E-state index in [0.717, 1.165) is 25.2 Å². The summed E-state index contributed by atoms with van der Waals surface area (Å²) in [6.07, 6.45) is 11.3. The van der Waals surface area contributed by atoms with Crippen molar-refractivity contribution in [2.75, 3.05) is 0 Å². The minimum Gasteiger partial charge on any atom is -0.198 e. The van der Waals surface area contributed by atoms with Crippen LogP contribution >= 0.6 is 0 Å². The van der Waals surface area contributed by atoms with Crippen LogP contribution in [-0.4, -0.2) is 0 Å². The average Bonchev–Trinajstić information content (AvgIpc) is 2.45. The Labute approximate surface area is 116 Å². The summed E-state index contributed by atoms with van der Waals surface area (Å²) in [5.41, 5.74) is 2.83. The van der Waals surface area contributed by atoms with E-state index in [0.29, 0.717) is 0 Å². The molecule has 2 saturated carbocycles. The summed E-state index contributed by atoms with van der Waals surface area (Å²) in [4.78, 5) is 0. The third-order valence-corrected chi connectivity index (χ3v) is 5.15. The molecular formula is C18H23N. The molecule has 0 aromatic heterocycles. The summed E-state index contributed by atoms with van der Waals surface area (Å²) in [5, 5.41) is 9.31. The molecule has 0 spiro atoms. The zero-order valence-electron chi connectivity index (χ0n) is 11.7. The fourth-order valence-electron chi connectivity index (χ4n) is 3.67. The van der Waals surface area contributed by atoms with Crippen molar-refractivity contribution in [3.8, 4) is 6.07 Å². The summed E-state index contributed by atoms with van der Waals surface area (Å²) in [7, 11) is 0. The SMILES string of the molecule is N#CC1(Cc2ccc(C3CCCCC3)cc2)CCC1. The van der Waals surface area contributed by atoms with Gasteiger partial charge in [-0.25, -0.2) is 0 Å². The molecule has 1 aromatic carbocycles. The highest BCUT2D eigenvalue weighted by Crippen LogP contribution is 2.43. The van der Waals surface area contributed by atoms with Gasteiger partial charge in [-0.1, -0.05) is 49.9 Å². The van der Waals surface area contributed by atoms with E-state index in [9.17, 15) is 5.26 Å². The first-order valence-electron chi connectivity index (χ1n) is 7.81. The monoisotopic (exact) mass is 253 g/mol. The molecule has 0 bridgehead atoms. The van der Waals surface area contributed by atoms with Gasteiger partial charge in [0.2, 0.25) is 0 Å². The molecule has 2 aliphatic rings. The standard InChI is InChI=1S/C18H23N/c19-14-18(11-4-12-18)13-15-7-9-17(10-8-15)16-5-2-1-3-6-16/h7-10,16H,1-6,11-13H2. The molecule has 0 saturated heterocycles. The van der Waals surface area contributed by atoms with Gasteiger partial charge in [-0.15, -0.1) is 0 Å². The van der Waals surface area contributed by atoms with Gasteiger partial charge >= 0.3 is 0 Å². The van der Waals surface area contributed by atoms with Crippen LogP contribution in [0, 0.1) is 16.7 Å². The smallest absolute Gasteiger partial charge is 0.0693 e. The average molecular weight is 253 g/mol. The lowest BCUT2D eigenvalue weighted by Crippen LogP contribution is -2.29. The maximum Gasteiger partial charge on any atom is 0.0693 e. The van der Waals surface area contributed by atoms with E-state index >= 15 is 0 Å². The largest absolute Gasteiger partial charge is 0.198 e. The van der Waals surface area contributed by atoms with Crippen molar-refractivity contribution in [3.05, 3.63) is 35.4 Å². The number of hydrogen-bond donors (Lipinski definition) is 0. The molecular weight excluding hydrogens is 230 g/mol. The molecule has 0 amide bonds. The molecule has 2 fully saturated rings. The molecule has 1 nitrogen and oxygen atoms in total. The van der Waals surface area contributed by atoms with E-state index in [1.807, 2.05) is 0 Å². The van der Waals surface area contributed by atoms with Crippen molar-refractivity contribution in [2.45, 2.75) is 63.7 Å². The van der Waals surface area contributed by atoms with E-state index in [1.165, 1.54) is 49.7 Å². The van der Waals surface area contributed by atoms with Crippen LogP contribution < -0.4 is 0 Å². The van der Waals surface area contributed by atoms with Gasteiger partial charge in [0.1, 0.15) is 0 Å². The molecule has 3 rings (SSSR count). The highest BCUT2D eigenvalue weighted by atomic mass is 14.4. The van der Waals surface area contributed by atoms with Gasteiger partial charge in [0.05, 0.1) is 11.5 Å². The van der Waals surface area contributed by atoms with Crippen LogP contribution in [0.5, 0.6) is 0 Å². The Morgan fingerprint density at radius 2 is 1.68 bits per heavy atom. The highest BCUT2D eigenvalue weighted by molar-refractivity contribution is 5.28. The van der Waals surface area contributed by atoms with Crippen LogP contribution in [0.2, 0.25) is 0 Å². The molecule has 19 heavy (non-hydrogen) atoms. The lowest BCUT2D eigenvalue weighted by atomic mass is 9.66. The second kappa shape index (κ2) is 5.37. The van der Waals surface area contributed by atoms with Gasteiger partial charge in [-0.05, 0) is 49.1 Å².